The number of nitrogens with zero attached hydrogens (tertiary/aromatic N) is 1. The highest BCUT2D eigenvalue weighted by atomic mass is 16.4. The fourth-order valence-electron chi connectivity index (χ4n) is 2.35. The highest BCUT2D eigenvalue weighted by Gasteiger charge is 2.33. The zero-order chi connectivity index (χ0) is 12.3. The van der Waals surface area contributed by atoms with Crippen molar-refractivity contribution < 1.29 is 9.90 Å². The van der Waals surface area contributed by atoms with Crippen molar-refractivity contribution in [2.75, 3.05) is 13.1 Å². The maximum atomic E-state index is 10.9. The number of hydrogen-bond acceptors (Lipinski definition) is 2. The van der Waals surface area contributed by atoms with Crippen LogP contribution in [0.1, 0.15) is 47.0 Å². The molecule has 1 heterocycles. The zero-order valence-corrected chi connectivity index (χ0v) is 11.0. The van der Waals surface area contributed by atoms with E-state index in [2.05, 4.69) is 18.7 Å². The zero-order valence-electron chi connectivity index (χ0n) is 11.0. The molecule has 0 aliphatic carbocycles. The Balaban J connectivity index is 2.50. The average molecular weight is 227 g/mol. The van der Waals surface area contributed by atoms with E-state index in [9.17, 15) is 4.79 Å². The number of likely N-dealkylation sites (tertiary alicyclic amines) is 1. The molecule has 16 heavy (non-hydrogen) atoms. The van der Waals surface area contributed by atoms with Crippen LogP contribution in [0.2, 0.25) is 0 Å². The lowest BCUT2D eigenvalue weighted by Crippen LogP contribution is -2.47. The van der Waals surface area contributed by atoms with Crippen LogP contribution in [0.5, 0.6) is 0 Å². The van der Waals surface area contributed by atoms with Crippen molar-refractivity contribution in [2.45, 2.75) is 53.0 Å². The van der Waals surface area contributed by atoms with Gasteiger partial charge in [0.1, 0.15) is 0 Å². The van der Waals surface area contributed by atoms with Gasteiger partial charge >= 0.3 is 5.97 Å². The van der Waals surface area contributed by atoms with Gasteiger partial charge in [-0.1, -0.05) is 27.2 Å². The second-order valence-corrected chi connectivity index (χ2v) is 5.57. The maximum Gasteiger partial charge on any atom is 0.307 e. The van der Waals surface area contributed by atoms with Gasteiger partial charge in [0, 0.05) is 6.04 Å². The molecular weight excluding hydrogens is 202 g/mol. The summed E-state index contributed by atoms with van der Waals surface area (Å²) in [6, 6.07) is 0.152. The smallest absolute Gasteiger partial charge is 0.307 e. The van der Waals surface area contributed by atoms with Crippen LogP contribution in [-0.2, 0) is 4.79 Å². The van der Waals surface area contributed by atoms with Crippen LogP contribution in [0.4, 0.5) is 0 Å². The molecule has 2 unspecified atom stereocenters. The lowest BCUT2D eigenvalue weighted by atomic mass is 9.77. The van der Waals surface area contributed by atoms with Crippen LogP contribution in [-0.4, -0.2) is 35.1 Å². The summed E-state index contributed by atoms with van der Waals surface area (Å²) in [7, 11) is 0. The third-order valence-corrected chi connectivity index (χ3v) is 4.55. The molecule has 0 aromatic rings. The summed E-state index contributed by atoms with van der Waals surface area (Å²) in [5.74, 6) is -0.956. The summed E-state index contributed by atoms with van der Waals surface area (Å²) in [4.78, 5) is 13.3. The molecule has 0 amide bonds. The first-order chi connectivity index (χ1) is 7.39. The maximum absolute atomic E-state index is 10.9. The first-order valence-electron chi connectivity index (χ1n) is 6.36. The SMILES string of the molecule is CCC1(C)CCN(C(C)C(C)C(=O)O)CC1. The van der Waals surface area contributed by atoms with E-state index in [4.69, 9.17) is 5.11 Å². The number of carboxylic acids is 1. The molecular formula is C13H25NO2. The average Bonchev–Trinajstić information content (AvgIpc) is 2.28. The number of aliphatic carboxylic acids is 1. The second kappa shape index (κ2) is 5.17. The first-order valence-corrected chi connectivity index (χ1v) is 6.36. The van der Waals surface area contributed by atoms with Crippen LogP contribution in [0.3, 0.4) is 0 Å². The highest BCUT2D eigenvalue weighted by Crippen LogP contribution is 2.35. The Hall–Kier alpha value is -0.570. The van der Waals surface area contributed by atoms with E-state index in [-0.39, 0.29) is 12.0 Å². The first kappa shape index (κ1) is 13.5. The monoisotopic (exact) mass is 227 g/mol. The fraction of sp³-hybridized carbons (Fsp3) is 0.923. The van der Waals surface area contributed by atoms with Gasteiger partial charge in [0.15, 0.2) is 0 Å². The molecule has 94 valence electrons. The van der Waals surface area contributed by atoms with E-state index in [1.807, 2.05) is 6.92 Å². The van der Waals surface area contributed by atoms with E-state index >= 15 is 0 Å². The van der Waals surface area contributed by atoms with Gasteiger partial charge in [-0.2, -0.15) is 0 Å². The van der Waals surface area contributed by atoms with E-state index in [1.165, 1.54) is 19.3 Å². The minimum Gasteiger partial charge on any atom is -0.481 e. The molecule has 1 saturated heterocycles. The summed E-state index contributed by atoms with van der Waals surface area (Å²) >= 11 is 0. The minimum absolute atomic E-state index is 0.152. The van der Waals surface area contributed by atoms with Crippen molar-refractivity contribution in [1.82, 2.24) is 4.90 Å². The highest BCUT2D eigenvalue weighted by molar-refractivity contribution is 5.70. The van der Waals surface area contributed by atoms with Crippen molar-refractivity contribution in [3.63, 3.8) is 0 Å². The molecule has 0 radical (unpaired) electrons. The van der Waals surface area contributed by atoms with Crippen LogP contribution >= 0.6 is 0 Å². The molecule has 3 heteroatoms. The molecule has 0 bridgehead atoms. The van der Waals surface area contributed by atoms with Crippen molar-refractivity contribution in [1.29, 1.82) is 0 Å². The third-order valence-electron chi connectivity index (χ3n) is 4.55. The molecule has 1 fully saturated rings. The summed E-state index contributed by atoms with van der Waals surface area (Å²) in [5.41, 5.74) is 0.475. The Labute approximate surface area is 98.8 Å². The third kappa shape index (κ3) is 2.97. The molecule has 1 rings (SSSR count). The van der Waals surface area contributed by atoms with Crippen molar-refractivity contribution in [3.8, 4) is 0 Å². The van der Waals surface area contributed by atoms with Crippen molar-refractivity contribution in [2.24, 2.45) is 11.3 Å². The topological polar surface area (TPSA) is 40.5 Å². The van der Waals surface area contributed by atoms with Crippen molar-refractivity contribution >= 4 is 5.97 Å². The molecule has 0 aromatic carbocycles. The summed E-state index contributed by atoms with van der Waals surface area (Å²) in [6.07, 6.45) is 3.62. The molecule has 3 nitrogen and oxygen atoms in total. The van der Waals surface area contributed by atoms with Gasteiger partial charge < -0.3 is 5.11 Å². The van der Waals surface area contributed by atoms with Gasteiger partial charge in [0.05, 0.1) is 5.92 Å². The van der Waals surface area contributed by atoms with Gasteiger partial charge in [0.25, 0.3) is 0 Å². The minimum atomic E-state index is -0.684. The fourth-order valence-corrected chi connectivity index (χ4v) is 2.35. The molecule has 2 atom stereocenters. The predicted octanol–water partition coefficient (Wildman–Crippen LogP) is 2.61. The summed E-state index contributed by atoms with van der Waals surface area (Å²) < 4.78 is 0. The largest absolute Gasteiger partial charge is 0.481 e. The Kier molecular flexibility index (Phi) is 4.36. The van der Waals surface area contributed by atoms with Gasteiger partial charge in [-0.3, -0.25) is 9.69 Å². The number of hydrogen-bond donors (Lipinski definition) is 1. The normalized spacial score (nSPS) is 25.0. The van der Waals surface area contributed by atoms with Gasteiger partial charge in [0.2, 0.25) is 0 Å². The molecule has 1 aliphatic heterocycles. The number of carboxylic acid groups (broad SMARTS) is 1. The van der Waals surface area contributed by atoms with Crippen molar-refractivity contribution in [3.05, 3.63) is 0 Å². The van der Waals surface area contributed by atoms with E-state index in [0.29, 0.717) is 5.41 Å². The summed E-state index contributed by atoms with van der Waals surface area (Å²) in [6.45, 7) is 10.5. The Bertz CT molecular complexity index is 244. The van der Waals surface area contributed by atoms with Gasteiger partial charge in [-0.05, 0) is 38.3 Å². The predicted molar refractivity (Wildman–Crippen MR) is 65.5 cm³/mol. The molecule has 1 N–H and O–H groups in total. The van der Waals surface area contributed by atoms with Crippen LogP contribution in [0, 0.1) is 11.3 Å². The van der Waals surface area contributed by atoms with Gasteiger partial charge in [-0.25, -0.2) is 0 Å². The molecule has 0 aromatic heterocycles. The van der Waals surface area contributed by atoms with Crippen LogP contribution in [0.15, 0.2) is 0 Å². The standard InChI is InChI=1S/C13H25NO2/c1-5-13(4)6-8-14(9-7-13)11(3)10(2)12(15)16/h10-11H,5-9H2,1-4H3,(H,15,16). The quantitative estimate of drug-likeness (QED) is 0.802. The number of rotatable bonds is 4. The van der Waals surface area contributed by atoms with E-state index in [1.54, 1.807) is 6.92 Å². The van der Waals surface area contributed by atoms with E-state index < -0.39 is 5.97 Å². The molecule has 0 spiro atoms. The van der Waals surface area contributed by atoms with E-state index in [0.717, 1.165) is 13.1 Å². The lowest BCUT2D eigenvalue weighted by Gasteiger charge is -2.42. The number of carbonyl (C=O) groups is 1. The Morgan fingerprint density at radius 1 is 1.38 bits per heavy atom. The van der Waals surface area contributed by atoms with Crippen LogP contribution in [0.25, 0.3) is 0 Å². The van der Waals surface area contributed by atoms with Gasteiger partial charge in [-0.15, -0.1) is 0 Å². The Morgan fingerprint density at radius 2 is 1.88 bits per heavy atom. The van der Waals surface area contributed by atoms with Crippen LogP contribution < -0.4 is 0 Å². The molecule has 0 saturated carbocycles. The lowest BCUT2D eigenvalue weighted by molar-refractivity contribution is -0.143. The second-order valence-electron chi connectivity index (χ2n) is 5.57. The number of piperidine rings is 1. The Morgan fingerprint density at radius 3 is 2.25 bits per heavy atom. The molecule has 1 aliphatic rings. The summed E-state index contributed by atoms with van der Waals surface area (Å²) in [5, 5.41) is 9.01.